The Hall–Kier alpha value is -1.76. The Morgan fingerprint density at radius 1 is 1.26 bits per heavy atom. The van der Waals surface area contributed by atoms with Gasteiger partial charge in [-0.05, 0) is 54.5 Å². The molecule has 1 unspecified atom stereocenters. The minimum absolute atomic E-state index is 0.0480. The summed E-state index contributed by atoms with van der Waals surface area (Å²) in [7, 11) is 0. The van der Waals surface area contributed by atoms with Crippen LogP contribution in [0.4, 0.5) is 4.39 Å². The topological polar surface area (TPSA) is 60.7 Å². The molecule has 122 valence electrons. The smallest absolute Gasteiger partial charge is 0.210 e. The number of thioether (sulfide) groups is 1. The molecule has 1 aromatic heterocycles. The standard InChI is InChI=1S/C16H19FN4OS/c1-11(15(22)12-7-9-13(17)10-8-12)23-16-18-19-20-21(16)14-5-3-2-4-6-14/h7-11,14H,2-6H2,1H3. The number of benzene rings is 1. The van der Waals surface area contributed by atoms with Crippen molar-refractivity contribution in [2.45, 2.75) is 55.5 Å². The van der Waals surface area contributed by atoms with Crippen LogP contribution in [-0.2, 0) is 0 Å². The molecule has 0 saturated heterocycles. The number of nitrogens with zero attached hydrogens (tertiary/aromatic N) is 4. The lowest BCUT2D eigenvalue weighted by Crippen LogP contribution is -2.18. The maximum atomic E-state index is 13.0. The number of carbonyl (C=O) groups excluding carboxylic acids is 1. The van der Waals surface area contributed by atoms with Gasteiger partial charge in [-0.25, -0.2) is 9.07 Å². The number of hydrogen-bond donors (Lipinski definition) is 0. The molecular weight excluding hydrogens is 315 g/mol. The first-order chi connectivity index (χ1) is 11.1. The number of aromatic nitrogens is 4. The second kappa shape index (κ2) is 7.21. The van der Waals surface area contributed by atoms with Gasteiger partial charge in [-0.1, -0.05) is 31.0 Å². The first-order valence-corrected chi connectivity index (χ1v) is 8.77. The number of hydrogen-bond acceptors (Lipinski definition) is 5. The molecule has 1 aliphatic carbocycles. The highest BCUT2D eigenvalue weighted by Gasteiger charge is 2.24. The molecule has 0 radical (unpaired) electrons. The van der Waals surface area contributed by atoms with E-state index in [1.807, 2.05) is 11.6 Å². The van der Waals surface area contributed by atoms with E-state index in [1.54, 1.807) is 0 Å². The van der Waals surface area contributed by atoms with E-state index in [9.17, 15) is 9.18 Å². The van der Waals surface area contributed by atoms with Crippen LogP contribution >= 0.6 is 11.8 Å². The number of ketones is 1. The highest BCUT2D eigenvalue weighted by atomic mass is 32.2. The van der Waals surface area contributed by atoms with E-state index in [1.165, 1.54) is 55.3 Å². The van der Waals surface area contributed by atoms with E-state index in [4.69, 9.17) is 0 Å². The van der Waals surface area contributed by atoms with Crippen LogP contribution in [-0.4, -0.2) is 31.2 Å². The van der Waals surface area contributed by atoms with Crippen molar-refractivity contribution in [2.24, 2.45) is 0 Å². The van der Waals surface area contributed by atoms with Crippen molar-refractivity contribution in [3.8, 4) is 0 Å². The van der Waals surface area contributed by atoms with Crippen LogP contribution in [0.3, 0.4) is 0 Å². The van der Waals surface area contributed by atoms with Gasteiger partial charge < -0.3 is 0 Å². The second-order valence-electron chi connectivity index (χ2n) is 5.83. The Morgan fingerprint density at radius 2 is 1.96 bits per heavy atom. The molecule has 1 aromatic carbocycles. The molecule has 0 amide bonds. The summed E-state index contributed by atoms with van der Waals surface area (Å²) in [5.74, 6) is -0.392. The molecule has 3 rings (SSSR count). The predicted molar refractivity (Wildman–Crippen MR) is 86.0 cm³/mol. The zero-order valence-corrected chi connectivity index (χ0v) is 13.8. The van der Waals surface area contributed by atoms with E-state index < -0.39 is 0 Å². The number of carbonyl (C=O) groups is 1. The number of tetrazole rings is 1. The van der Waals surface area contributed by atoms with E-state index in [0.717, 1.165) is 12.8 Å². The van der Waals surface area contributed by atoms with Crippen molar-refractivity contribution in [2.75, 3.05) is 0 Å². The molecule has 0 N–H and O–H groups in total. The van der Waals surface area contributed by atoms with Gasteiger partial charge in [-0.2, -0.15) is 0 Å². The minimum Gasteiger partial charge on any atom is -0.293 e. The summed E-state index contributed by atoms with van der Waals surface area (Å²) in [4.78, 5) is 12.4. The summed E-state index contributed by atoms with van der Waals surface area (Å²) in [5.41, 5.74) is 0.503. The lowest BCUT2D eigenvalue weighted by molar-refractivity contribution is 0.0993. The third-order valence-corrected chi connectivity index (χ3v) is 5.21. The van der Waals surface area contributed by atoms with Crippen LogP contribution in [0.2, 0.25) is 0 Å². The molecule has 0 bridgehead atoms. The molecule has 1 aliphatic rings. The maximum absolute atomic E-state index is 13.0. The van der Waals surface area contributed by atoms with E-state index in [0.29, 0.717) is 16.8 Å². The van der Waals surface area contributed by atoms with Crippen LogP contribution in [0.1, 0.15) is 55.4 Å². The monoisotopic (exact) mass is 334 g/mol. The molecule has 0 aliphatic heterocycles. The predicted octanol–water partition coefficient (Wildman–Crippen LogP) is 3.68. The maximum Gasteiger partial charge on any atom is 0.210 e. The molecule has 1 heterocycles. The normalized spacial score (nSPS) is 17.1. The Bertz CT molecular complexity index is 667. The van der Waals surface area contributed by atoms with Gasteiger partial charge in [0.25, 0.3) is 0 Å². The SMILES string of the molecule is CC(Sc1nnnn1C1CCCCC1)C(=O)c1ccc(F)cc1. The Kier molecular flexibility index (Phi) is 5.05. The summed E-state index contributed by atoms with van der Waals surface area (Å²) in [6.45, 7) is 1.83. The number of rotatable bonds is 5. The van der Waals surface area contributed by atoms with Crippen molar-refractivity contribution in [1.82, 2.24) is 20.2 Å². The largest absolute Gasteiger partial charge is 0.293 e. The Morgan fingerprint density at radius 3 is 2.65 bits per heavy atom. The van der Waals surface area contributed by atoms with Crippen LogP contribution in [0.15, 0.2) is 29.4 Å². The summed E-state index contributed by atoms with van der Waals surface area (Å²) in [6.07, 6.45) is 5.82. The fourth-order valence-corrected chi connectivity index (χ4v) is 3.81. The molecule has 0 spiro atoms. The Labute approximate surface area is 138 Å². The summed E-state index contributed by atoms with van der Waals surface area (Å²) in [6, 6.07) is 5.96. The minimum atomic E-state index is -0.344. The van der Waals surface area contributed by atoms with E-state index >= 15 is 0 Å². The first kappa shape index (κ1) is 16.1. The lowest BCUT2D eigenvalue weighted by Gasteiger charge is -2.22. The summed E-state index contributed by atoms with van der Waals surface area (Å²) < 4.78 is 14.8. The van der Waals surface area contributed by atoms with E-state index in [-0.39, 0.29) is 16.9 Å². The van der Waals surface area contributed by atoms with Gasteiger partial charge in [0.05, 0.1) is 11.3 Å². The van der Waals surface area contributed by atoms with Crippen molar-refractivity contribution in [3.63, 3.8) is 0 Å². The average Bonchev–Trinajstić information content (AvgIpc) is 3.04. The average molecular weight is 334 g/mol. The molecule has 1 saturated carbocycles. The van der Waals surface area contributed by atoms with Gasteiger partial charge in [0.1, 0.15) is 5.82 Å². The van der Waals surface area contributed by atoms with Crippen LogP contribution in [0.25, 0.3) is 0 Å². The van der Waals surface area contributed by atoms with Crippen LogP contribution < -0.4 is 0 Å². The highest BCUT2D eigenvalue weighted by Crippen LogP contribution is 2.32. The third kappa shape index (κ3) is 3.77. The van der Waals surface area contributed by atoms with E-state index in [2.05, 4.69) is 15.5 Å². The fraction of sp³-hybridized carbons (Fsp3) is 0.500. The zero-order valence-electron chi connectivity index (χ0n) is 13.0. The molecule has 7 heteroatoms. The number of halogens is 1. The quantitative estimate of drug-likeness (QED) is 0.616. The van der Waals surface area contributed by atoms with Crippen LogP contribution in [0, 0.1) is 5.82 Å². The highest BCUT2D eigenvalue weighted by molar-refractivity contribution is 8.00. The van der Waals surface area contributed by atoms with Crippen molar-refractivity contribution in [1.29, 1.82) is 0 Å². The second-order valence-corrected chi connectivity index (χ2v) is 7.14. The van der Waals surface area contributed by atoms with Gasteiger partial charge >= 0.3 is 0 Å². The molecule has 23 heavy (non-hydrogen) atoms. The van der Waals surface area contributed by atoms with Gasteiger partial charge in [0, 0.05) is 5.56 Å². The van der Waals surface area contributed by atoms with Gasteiger partial charge in [-0.3, -0.25) is 4.79 Å². The number of Topliss-reactive ketones (excluding diaryl/α,β-unsaturated/α-hetero) is 1. The fourth-order valence-electron chi connectivity index (χ4n) is 2.88. The summed E-state index contributed by atoms with van der Waals surface area (Å²) >= 11 is 1.36. The van der Waals surface area contributed by atoms with Gasteiger partial charge in [-0.15, -0.1) is 5.10 Å². The Balaban J connectivity index is 1.70. The molecule has 2 aromatic rings. The zero-order chi connectivity index (χ0) is 16.2. The summed E-state index contributed by atoms with van der Waals surface area (Å²) in [5, 5.41) is 12.3. The van der Waals surface area contributed by atoms with Crippen molar-refractivity contribution < 1.29 is 9.18 Å². The third-order valence-electron chi connectivity index (χ3n) is 4.16. The van der Waals surface area contributed by atoms with Gasteiger partial charge in [0.15, 0.2) is 5.78 Å². The lowest BCUT2D eigenvalue weighted by atomic mass is 9.96. The molecule has 1 fully saturated rings. The molecular formula is C16H19FN4OS. The molecule has 1 atom stereocenters. The first-order valence-electron chi connectivity index (χ1n) is 7.89. The van der Waals surface area contributed by atoms with Crippen molar-refractivity contribution >= 4 is 17.5 Å². The van der Waals surface area contributed by atoms with Crippen molar-refractivity contribution in [3.05, 3.63) is 35.6 Å². The van der Waals surface area contributed by atoms with Gasteiger partial charge in [0.2, 0.25) is 5.16 Å². The molecule has 5 nitrogen and oxygen atoms in total. The van der Waals surface area contributed by atoms with Crippen LogP contribution in [0.5, 0.6) is 0 Å².